The SMILES string of the molecule is Cn1cc(CCC(=O)N[C@@H]2CC(Cn3ccnc3-c3ccccc3)C[C@H]2O)nn1. The first kappa shape index (κ1) is 19.3. The minimum atomic E-state index is -0.524. The molecule has 1 aliphatic carbocycles. The molecule has 0 radical (unpaired) electrons. The molecule has 152 valence electrons. The zero-order valence-electron chi connectivity index (χ0n) is 16.5. The molecule has 3 aromatic rings. The number of hydrogen-bond donors (Lipinski definition) is 2. The summed E-state index contributed by atoms with van der Waals surface area (Å²) < 4.78 is 3.75. The van der Waals surface area contributed by atoms with E-state index < -0.39 is 6.10 Å². The van der Waals surface area contributed by atoms with Crippen molar-refractivity contribution in [2.24, 2.45) is 13.0 Å². The van der Waals surface area contributed by atoms with E-state index in [9.17, 15) is 9.90 Å². The van der Waals surface area contributed by atoms with Gasteiger partial charge in [0.1, 0.15) is 5.82 Å². The Bertz CT molecular complexity index is 951. The summed E-state index contributed by atoms with van der Waals surface area (Å²) in [5.74, 6) is 1.15. The van der Waals surface area contributed by atoms with Crippen LogP contribution in [0.3, 0.4) is 0 Å². The molecule has 1 saturated carbocycles. The third-order valence-electron chi connectivity index (χ3n) is 5.43. The van der Waals surface area contributed by atoms with Crippen LogP contribution in [0.25, 0.3) is 11.4 Å². The summed E-state index contributed by atoms with van der Waals surface area (Å²) in [6, 6.07) is 9.87. The quantitative estimate of drug-likeness (QED) is 0.634. The number of aryl methyl sites for hydroxylation is 2. The lowest BCUT2D eigenvalue weighted by Crippen LogP contribution is -2.40. The molecule has 8 heteroatoms. The summed E-state index contributed by atoms with van der Waals surface area (Å²) in [6.07, 6.45) is 7.37. The van der Waals surface area contributed by atoms with E-state index in [4.69, 9.17) is 0 Å². The van der Waals surface area contributed by atoms with Gasteiger partial charge in [0.2, 0.25) is 5.91 Å². The molecule has 8 nitrogen and oxygen atoms in total. The number of carbonyl (C=O) groups is 1. The second-order valence-electron chi connectivity index (χ2n) is 7.73. The van der Waals surface area contributed by atoms with E-state index in [1.165, 1.54) is 0 Å². The summed E-state index contributed by atoms with van der Waals surface area (Å²) in [6.45, 7) is 0.771. The lowest BCUT2D eigenvalue weighted by molar-refractivity contribution is -0.122. The van der Waals surface area contributed by atoms with Crippen molar-refractivity contribution in [3.8, 4) is 11.4 Å². The van der Waals surface area contributed by atoms with Crippen molar-refractivity contribution in [3.63, 3.8) is 0 Å². The molecule has 0 aliphatic heterocycles. The Morgan fingerprint density at radius 2 is 2.10 bits per heavy atom. The molecule has 2 heterocycles. The smallest absolute Gasteiger partial charge is 0.220 e. The monoisotopic (exact) mass is 394 g/mol. The summed E-state index contributed by atoms with van der Waals surface area (Å²) in [5, 5.41) is 21.3. The molecule has 1 unspecified atom stereocenters. The van der Waals surface area contributed by atoms with Crippen LogP contribution < -0.4 is 5.32 Å². The van der Waals surface area contributed by atoms with E-state index in [0.29, 0.717) is 19.3 Å². The Labute approximate surface area is 169 Å². The van der Waals surface area contributed by atoms with Crippen LogP contribution in [0.15, 0.2) is 48.9 Å². The van der Waals surface area contributed by atoms with E-state index in [-0.39, 0.29) is 17.9 Å². The lowest BCUT2D eigenvalue weighted by Gasteiger charge is -2.16. The van der Waals surface area contributed by atoms with Crippen molar-refractivity contribution >= 4 is 5.91 Å². The van der Waals surface area contributed by atoms with Gasteiger partial charge in [-0.3, -0.25) is 9.48 Å². The van der Waals surface area contributed by atoms with Gasteiger partial charge in [0.05, 0.1) is 17.8 Å². The average Bonchev–Trinajstić information content (AvgIpc) is 3.42. The number of aliphatic hydroxyl groups is 1. The molecule has 1 aromatic carbocycles. The number of rotatable bonds is 7. The summed E-state index contributed by atoms with van der Waals surface area (Å²) >= 11 is 0. The Hall–Kier alpha value is -3.00. The van der Waals surface area contributed by atoms with Crippen LogP contribution in [0.5, 0.6) is 0 Å². The fourth-order valence-corrected chi connectivity index (χ4v) is 4.04. The number of benzene rings is 1. The second kappa shape index (κ2) is 8.57. The molecule has 0 bridgehead atoms. The number of aliphatic hydroxyl groups excluding tert-OH is 1. The standard InChI is InChI=1S/C21H26N6O2/c1-26-14-17(24-25-26)7-8-20(29)23-18-11-15(12-19(18)28)13-27-10-9-22-21(27)16-5-3-2-4-6-16/h2-6,9-10,14-15,18-19,28H,7-8,11-13H2,1H3,(H,23,29)/t15?,18-,19-/m1/s1. The van der Waals surface area contributed by atoms with E-state index in [1.807, 2.05) is 42.7 Å². The molecule has 2 aromatic heterocycles. The van der Waals surface area contributed by atoms with Gasteiger partial charge in [0.25, 0.3) is 0 Å². The first-order chi connectivity index (χ1) is 14.1. The Balaban J connectivity index is 1.31. The van der Waals surface area contributed by atoms with Crippen LogP contribution in [-0.4, -0.2) is 47.7 Å². The van der Waals surface area contributed by atoms with E-state index in [1.54, 1.807) is 17.9 Å². The van der Waals surface area contributed by atoms with Crippen LogP contribution in [-0.2, 0) is 24.8 Å². The van der Waals surface area contributed by atoms with Gasteiger partial charge in [-0.1, -0.05) is 35.5 Å². The van der Waals surface area contributed by atoms with Crippen LogP contribution >= 0.6 is 0 Å². The number of nitrogens with one attached hydrogen (secondary N) is 1. The molecule has 0 saturated heterocycles. The van der Waals surface area contributed by atoms with Crippen LogP contribution in [0.4, 0.5) is 0 Å². The molecule has 0 spiro atoms. The van der Waals surface area contributed by atoms with Gasteiger partial charge in [0, 0.05) is 50.6 Å². The number of hydrogen-bond acceptors (Lipinski definition) is 5. The van der Waals surface area contributed by atoms with Gasteiger partial charge in [0.15, 0.2) is 0 Å². The van der Waals surface area contributed by atoms with Crippen molar-refractivity contribution in [2.75, 3.05) is 0 Å². The van der Waals surface area contributed by atoms with Crippen molar-refractivity contribution in [2.45, 2.75) is 44.4 Å². The zero-order chi connectivity index (χ0) is 20.2. The number of aromatic nitrogens is 5. The van der Waals surface area contributed by atoms with Gasteiger partial charge >= 0.3 is 0 Å². The predicted octanol–water partition coefficient (Wildman–Crippen LogP) is 1.57. The highest BCUT2D eigenvalue weighted by Crippen LogP contribution is 2.29. The number of carbonyl (C=O) groups excluding carboxylic acids is 1. The molecular formula is C21H26N6O2. The fourth-order valence-electron chi connectivity index (χ4n) is 4.04. The number of nitrogens with zero attached hydrogens (tertiary/aromatic N) is 5. The molecule has 1 aliphatic rings. The fraction of sp³-hybridized carbons (Fsp3) is 0.429. The molecule has 1 fully saturated rings. The topological polar surface area (TPSA) is 97.9 Å². The van der Waals surface area contributed by atoms with E-state index in [2.05, 4.69) is 25.2 Å². The zero-order valence-corrected chi connectivity index (χ0v) is 16.5. The average molecular weight is 394 g/mol. The number of imidazole rings is 1. The van der Waals surface area contributed by atoms with Gasteiger partial charge < -0.3 is 15.0 Å². The maximum absolute atomic E-state index is 12.3. The summed E-state index contributed by atoms with van der Waals surface area (Å²) in [4.78, 5) is 16.8. The molecule has 29 heavy (non-hydrogen) atoms. The molecular weight excluding hydrogens is 368 g/mol. The predicted molar refractivity (Wildman–Crippen MR) is 108 cm³/mol. The minimum absolute atomic E-state index is 0.0621. The highest BCUT2D eigenvalue weighted by molar-refractivity contribution is 5.76. The second-order valence-corrected chi connectivity index (χ2v) is 7.73. The van der Waals surface area contributed by atoms with E-state index in [0.717, 1.165) is 30.0 Å². The van der Waals surface area contributed by atoms with Crippen molar-refractivity contribution in [3.05, 3.63) is 54.6 Å². The molecule has 2 N–H and O–H groups in total. The van der Waals surface area contributed by atoms with Gasteiger partial charge in [-0.2, -0.15) is 0 Å². The Kier molecular flexibility index (Phi) is 5.71. The third kappa shape index (κ3) is 4.71. The number of amides is 1. The Morgan fingerprint density at radius 3 is 2.86 bits per heavy atom. The van der Waals surface area contributed by atoms with E-state index >= 15 is 0 Å². The van der Waals surface area contributed by atoms with Crippen LogP contribution in [0.1, 0.15) is 25.0 Å². The lowest BCUT2D eigenvalue weighted by atomic mass is 10.1. The largest absolute Gasteiger partial charge is 0.391 e. The van der Waals surface area contributed by atoms with Gasteiger partial charge in [-0.05, 0) is 18.8 Å². The first-order valence-corrected chi connectivity index (χ1v) is 9.97. The van der Waals surface area contributed by atoms with Gasteiger partial charge in [-0.25, -0.2) is 4.98 Å². The molecule has 4 rings (SSSR count). The molecule has 3 atom stereocenters. The van der Waals surface area contributed by atoms with Crippen LogP contribution in [0, 0.1) is 5.92 Å². The van der Waals surface area contributed by atoms with Crippen molar-refractivity contribution < 1.29 is 9.90 Å². The third-order valence-corrected chi connectivity index (χ3v) is 5.43. The highest BCUT2D eigenvalue weighted by atomic mass is 16.3. The summed E-state index contributed by atoms with van der Waals surface area (Å²) in [5.41, 5.74) is 1.87. The Morgan fingerprint density at radius 1 is 1.28 bits per heavy atom. The highest BCUT2D eigenvalue weighted by Gasteiger charge is 2.34. The maximum Gasteiger partial charge on any atom is 0.220 e. The van der Waals surface area contributed by atoms with Crippen molar-refractivity contribution in [1.29, 1.82) is 0 Å². The van der Waals surface area contributed by atoms with Crippen LogP contribution in [0.2, 0.25) is 0 Å². The molecule has 1 amide bonds. The normalized spacial score (nSPS) is 21.4. The first-order valence-electron chi connectivity index (χ1n) is 9.97. The minimum Gasteiger partial charge on any atom is -0.391 e. The summed E-state index contributed by atoms with van der Waals surface area (Å²) in [7, 11) is 1.80. The van der Waals surface area contributed by atoms with Gasteiger partial charge in [-0.15, -0.1) is 5.10 Å². The van der Waals surface area contributed by atoms with Crippen molar-refractivity contribution in [1.82, 2.24) is 29.9 Å². The maximum atomic E-state index is 12.3.